The lowest BCUT2D eigenvalue weighted by Crippen LogP contribution is -2.44. The van der Waals surface area contributed by atoms with Crippen LogP contribution in [0.5, 0.6) is 0 Å². The van der Waals surface area contributed by atoms with Gasteiger partial charge in [0.15, 0.2) is 0 Å². The molecule has 0 saturated carbocycles. The number of likely N-dealkylation sites (tertiary alicyclic amines) is 1. The van der Waals surface area contributed by atoms with Gasteiger partial charge in [-0.25, -0.2) is 0 Å². The second-order valence-corrected chi connectivity index (χ2v) is 3.55. The summed E-state index contributed by atoms with van der Waals surface area (Å²) in [5.74, 6) is -0.466. The van der Waals surface area contributed by atoms with Gasteiger partial charge in [-0.15, -0.1) is 0 Å². The maximum atomic E-state index is 11.4. The lowest BCUT2D eigenvalue weighted by molar-refractivity contribution is -0.152. The van der Waals surface area contributed by atoms with Crippen LogP contribution in [-0.4, -0.2) is 48.2 Å². The fraction of sp³-hybridized carbons (Fsp3) is 0.800. The van der Waals surface area contributed by atoms with Gasteiger partial charge in [-0.05, 0) is 13.3 Å². The van der Waals surface area contributed by atoms with Gasteiger partial charge in [0, 0.05) is 19.5 Å². The Morgan fingerprint density at radius 3 is 3.00 bits per heavy atom. The van der Waals surface area contributed by atoms with E-state index in [4.69, 9.17) is 9.84 Å². The summed E-state index contributed by atoms with van der Waals surface area (Å²) >= 11 is 0. The van der Waals surface area contributed by atoms with Crippen LogP contribution in [-0.2, 0) is 14.3 Å². The van der Waals surface area contributed by atoms with Gasteiger partial charge in [0.2, 0.25) is 5.91 Å². The van der Waals surface area contributed by atoms with Gasteiger partial charge >= 0.3 is 5.97 Å². The molecular weight excluding hydrogens is 198 g/mol. The number of β-amino-alcohol motifs (C(OH)–C–C–N with tert-alkyl or cyclic N) is 1. The van der Waals surface area contributed by atoms with Crippen molar-refractivity contribution in [2.24, 2.45) is 5.92 Å². The lowest BCUT2D eigenvalue weighted by atomic mass is 9.98. The van der Waals surface area contributed by atoms with Crippen LogP contribution in [0.15, 0.2) is 0 Å². The van der Waals surface area contributed by atoms with Crippen LogP contribution in [0.25, 0.3) is 0 Å². The van der Waals surface area contributed by atoms with Gasteiger partial charge in [0.1, 0.15) is 0 Å². The molecule has 1 N–H and O–H groups in total. The molecule has 0 bridgehead atoms. The number of carbonyl (C=O) groups is 2. The number of carbonyl (C=O) groups excluding carboxylic acids is 2. The van der Waals surface area contributed by atoms with Crippen molar-refractivity contribution in [1.82, 2.24) is 4.90 Å². The number of rotatable bonds is 4. The highest BCUT2D eigenvalue weighted by Crippen LogP contribution is 2.18. The Hall–Kier alpha value is -1.10. The maximum Gasteiger partial charge on any atom is 0.310 e. The van der Waals surface area contributed by atoms with Crippen LogP contribution in [0.1, 0.15) is 19.8 Å². The minimum atomic E-state index is -0.243. The lowest BCUT2D eigenvalue weighted by Gasteiger charge is -2.30. The zero-order valence-corrected chi connectivity index (χ0v) is 8.94. The summed E-state index contributed by atoms with van der Waals surface area (Å²) in [7, 11) is 0. The van der Waals surface area contributed by atoms with Gasteiger partial charge in [-0.1, -0.05) is 0 Å². The fourth-order valence-corrected chi connectivity index (χ4v) is 1.70. The van der Waals surface area contributed by atoms with E-state index in [0.717, 1.165) is 0 Å². The first-order valence-corrected chi connectivity index (χ1v) is 5.24. The third kappa shape index (κ3) is 3.20. The first kappa shape index (κ1) is 12.0. The molecule has 86 valence electrons. The first-order chi connectivity index (χ1) is 7.19. The number of esters is 1. The zero-order valence-electron chi connectivity index (χ0n) is 8.94. The first-order valence-electron chi connectivity index (χ1n) is 5.24. The smallest absolute Gasteiger partial charge is 0.310 e. The zero-order chi connectivity index (χ0) is 11.3. The van der Waals surface area contributed by atoms with Crippen molar-refractivity contribution in [2.75, 3.05) is 26.3 Å². The number of ether oxygens (including phenoxy) is 1. The number of amides is 1. The van der Waals surface area contributed by atoms with E-state index in [1.165, 1.54) is 4.90 Å². The molecule has 1 fully saturated rings. The average Bonchev–Trinajstić information content (AvgIpc) is 2.22. The summed E-state index contributed by atoms with van der Waals surface area (Å²) < 4.78 is 4.90. The minimum absolute atomic E-state index is 0.00426. The van der Waals surface area contributed by atoms with Gasteiger partial charge in [0.25, 0.3) is 0 Å². The van der Waals surface area contributed by atoms with Crippen molar-refractivity contribution in [3.05, 3.63) is 0 Å². The summed E-state index contributed by atoms with van der Waals surface area (Å²) in [6, 6.07) is 0. The Morgan fingerprint density at radius 2 is 2.40 bits per heavy atom. The fourth-order valence-electron chi connectivity index (χ4n) is 1.70. The second kappa shape index (κ2) is 5.70. The molecule has 1 aliphatic rings. The summed E-state index contributed by atoms with van der Waals surface area (Å²) in [5, 5.41) is 8.75. The molecule has 1 atom stereocenters. The quantitative estimate of drug-likeness (QED) is 0.658. The molecule has 0 radical (unpaired) electrons. The van der Waals surface area contributed by atoms with E-state index in [1.54, 1.807) is 6.92 Å². The Balaban J connectivity index is 2.49. The molecule has 0 spiro atoms. The number of hydrogen-bond acceptors (Lipinski definition) is 4. The van der Waals surface area contributed by atoms with Gasteiger partial charge in [0.05, 0.1) is 19.1 Å². The van der Waals surface area contributed by atoms with E-state index in [2.05, 4.69) is 0 Å². The second-order valence-electron chi connectivity index (χ2n) is 3.55. The molecule has 0 aromatic carbocycles. The molecule has 1 saturated heterocycles. The summed E-state index contributed by atoms with van der Waals surface area (Å²) in [6.45, 7) is 2.73. The predicted octanol–water partition coefficient (Wildman–Crippen LogP) is -0.220. The topological polar surface area (TPSA) is 66.8 Å². The summed E-state index contributed by atoms with van der Waals surface area (Å²) in [5.41, 5.74) is 0. The molecule has 0 aromatic rings. The number of hydrogen-bond donors (Lipinski definition) is 1. The Kier molecular flexibility index (Phi) is 4.55. The molecule has 1 heterocycles. The highest BCUT2D eigenvalue weighted by atomic mass is 16.5. The van der Waals surface area contributed by atoms with Gasteiger partial charge in [-0.2, -0.15) is 0 Å². The largest absolute Gasteiger partial charge is 0.466 e. The molecule has 1 aliphatic heterocycles. The Morgan fingerprint density at radius 1 is 1.67 bits per heavy atom. The molecular formula is C10H17NO4. The van der Waals surface area contributed by atoms with E-state index in [-0.39, 0.29) is 24.4 Å². The van der Waals surface area contributed by atoms with Gasteiger partial charge in [-0.3, -0.25) is 9.59 Å². The number of aliphatic hydroxyl groups excluding tert-OH is 1. The molecule has 1 amide bonds. The number of aliphatic hydroxyl groups is 1. The number of piperidine rings is 1. The number of nitrogens with zero attached hydrogens (tertiary/aromatic N) is 1. The van der Waals surface area contributed by atoms with Crippen molar-refractivity contribution in [2.45, 2.75) is 19.8 Å². The van der Waals surface area contributed by atoms with E-state index in [0.29, 0.717) is 32.5 Å². The average molecular weight is 215 g/mol. The predicted molar refractivity (Wildman–Crippen MR) is 53.0 cm³/mol. The van der Waals surface area contributed by atoms with E-state index < -0.39 is 0 Å². The van der Waals surface area contributed by atoms with Crippen LogP contribution in [0, 0.1) is 5.92 Å². The maximum absolute atomic E-state index is 11.4. The third-order valence-corrected chi connectivity index (χ3v) is 2.49. The summed E-state index contributed by atoms with van der Waals surface area (Å²) in [4.78, 5) is 24.3. The molecule has 15 heavy (non-hydrogen) atoms. The van der Waals surface area contributed by atoms with Crippen molar-refractivity contribution in [3.8, 4) is 0 Å². The SMILES string of the molecule is CCOC(=O)C1CCC(=O)N(CCO)C1. The molecule has 1 unspecified atom stereocenters. The minimum Gasteiger partial charge on any atom is -0.466 e. The Labute approximate surface area is 89.0 Å². The van der Waals surface area contributed by atoms with E-state index >= 15 is 0 Å². The van der Waals surface area contributed by atoms with Crippen molar-refractivity contribution < 1.29 is 19.4 Å². The standard InChI is InChI=1S/C10H17NO4/c1-2-15-10(14)8-3-4-9(13)11(7-8)5-6-12/h8,12H,2-7H2,1H3. The highest BCUT2D eigenvalue weighted by Gasteiger charge is 2.30. The van der Waals surface area contributed by atoms with Crippen molar-refractivity contribution in [1.29, 1.82) is 0 Å². The summed E-state index contributed by atoms with van der Waals surface area (Å²) in [6.07, 6.45) is 0.920. The monoisotopic (exact) mass is 215 g/mol. The Bertz CT molecular complexity index is 242. The van der Waals surface area contributed by atoms with Crippen molar-refractivity contribution in [3.63, 3.8) is 0 Å². The molecule has 5 heteroatoms. The van der Waals surface area contributed by atoms with Crippen molar-refractivity contribution >= 4 is 11.9 Å². The van der Waals surface area contributed by atoms with Crippen LogP contribution in [0.2, 0.25) is 0 Å². The van der Waals surface area contributed by atoms with Crippen LogP contribution >= 0.6 is 0 Å². The third-order valence-electron chi connectivity index (χ3n) is 2.49. The van der Waals surface area contributed by atoms with Gasteiger partial charge < -0.3 is 14.7 Å². The van der Waals surface area contributed by atoms with Crippen LogP contribution < -0.4 is 0 Å². The molecule has 0 aliphatic carbocycles. The molecule has 0 aromatic heterocycles. The molecule has 1 rings (SSSR count). The van der Waals surface area contributed by atoms with Crippen LogP contribution in [0.3, 0.4) is 0 Å². The van der Waals surface area contributed by atoms with Crippen LogP contribution in [0.4, 0.5) is 0 Å². The van der Waals surface area contributed by atoms with E-state index in [9.17, 15) is 9.59 Å². The normalized spacial score (nSPS) is 21.6. The van der Waals surface area contributed by atoms with E-state index in [1.807, 2.05) is 0 Å². The highest BCUT2D eigenvalue weighted by molar-refractivity contribution is 5.81. The molecule has 5 nitrogen and oxygen atoms in total.